The molecule has 1 amide bonds. The van der Waals surface area contributed by atoms with Crippen LogP contribution in [-0.2, 0) is 4.74 Å². The van der Waals surface area contributed by atoms with Gasteiger partial charge >= 0.3 is 0 Å². The second kappa shape index (κ2) is 10.1. The number of anilines is 1. The van der Waals surface area contributed by atoms with Gasteiger partial charge in [-0.05, 0) is 36.8 Å². The minimum atomic E-state index is -0.496. The van der Waals surface area contributed by atoms with Crippen molar-refractivity contribution in [2.45, 2.75) is 13.0 Å². The molecule has 156 valence electrons. The third-order valence-corrected chi connectivity index (χ3v) is 4.69. The van der Waals surface area contributed by atoms with E-state index in [0.29, 0.717) is 29.0 Å². The van der Waals surface area contributed by atoms with Crippen molar-refractivity contribution >= 4 is 34.5 Å². The van der Waals surface area contributed by atoms with Gasteiger partial charge in [-0.25, -0.2) is 9.37 Å². The Bertz CT molecular complexity index is 1050. The Morgan fingerprint density at radius 3 is 2.73 bits per heavy atom. The van der Waals surface area contributed by atoms with Gasteiger partial charge in [0.1, 0.15) is 17.7 Å². The zero-order chi connectivity index (χ0) is 21.5. The third kappa shape index (κ3) is 5.95. The molecule has 1 heterocycles. The van der Waals surface area contributed by atoms with E-state index in [0.717, 1.165) is 17.5 Å². The number of halogens is 2. The lowest BCUT2D eigenvalue weighted by Crippen LogP contribution is -2.18. The quantitative estimate of drug-likeness (QED) is 0.496. The number of aromatic nitrogens is 1. The van der Waals surface area contributed by atoms with Gasteiger partial charge in [-0.1, -0.05) is 41.7 Å². The van der Waals surface area contributed by atoms with Crippen molar-refractivity contribution in [3.8, 4) is 5.75 Å². The van der Waals surface area contributed by atoms with E-state index in [1.54, 1.807) is 55.7 Å². The van der Waals surface area contributed by atoms with Crippen LogP contribution >= 0.6 is 11.3 Å². The zero-order valence-corrected chi connectivity index (χ0v) is 17.2. The molecule has 0 aliphatic rings. The summed E-state index contributed by atoms with van der Waals surface area (Å²) in [6.07, 6.45) is 4.09. The maximum atomic E-state index is 13.9. The normalized spacial score (nSPS) is 12.1. The van der Waals surface area contributed by atoms with Crippen LogP contribution in [0.2, 0.25) is 0 Å². The van der Waals surface area contributed by atoms with E-state index in [4.69, 9.17) is 9.47 Å². The Balaban J connectivity index is 1.89. The van der Waals surface area contributed by atoms with Crippen LogP contribution in [0.1, 0.15) is 28.4 Å². The first-order chi connectivity index (χ1) is 14.4. The van der Waals surface area contributed by atoms with Crippen LogP contribution < -0.4 is 10.1 Å². The summed E-state index contributed by atoms with van der Waals surface area (Å²) in [5, 5.41) is 2.22. The highest BCUT2D eigenvalue weighted by Gasteiger charge is 2.13. The highest BCUT2D eigenvalue weighted by atomic mass is 32.1. The Morgan fingerprint density at radius 1 is 1.23 bits per heavy atom. The maximum absolute atomic E-state index is 13.9. The number of rotatable bonds is 8. The fourth-order valence-electron chi connectivity index (χ4n) is 2.70. The fourth-order valence-corrected chi connectivity index (χ4v) is 3.24. The number of hydrogen-bond donors (Lipinski definition) is 1. The van der Waals surface area contributed by atoms with Crippen molar-refractivity contribution in [1.82, 2.24) is 4.98 Å². The molecule has 5 nitrogen and oxygen atoms in total. The molecule has 1 aromatic heterocycles. The molecule has 0 unspecified atom stereocenters. The van der Waals surface area contributed by atoms with Crippen molar-refractivity contribution in [2.75, 3.05) is 19.0 Å². The number of nitrogens with zero attached hydrogens (tertiary/aromatic N) is 1. The SMILES string of the molecule is COC[C@H](C)Oc1cc(/C=C/c2ccccc2F)cc(C(=O)Nc2ncc(F)s2)c1. The van der Waals surface area contributed by atoms with Gasteiger partial charge in [0.2, 0.25) is 0 Å². The number of amides is 1. The number of carbonyl (C=O) groups excluding carboxylic acids is 1. The summed E-state index contributed by atoms with van der Waals surface area (Å²) >= 11 is 0.732. The highest BCUT2D eigenvalue weighted by molar-refractivity contribution is 7.14. The van der Waals surface area contributed by atoms with E-state index in [-0.39, 0.29) is 17.1 Å². The molecule has 0 aliphatic carbocycles. The molecule has 0 bridgehead atoms. The van der Waals surface area contributed by atoms with Crippen LogP contribution in [0.4, 0.5) is 13.9 Å². The number of benzene rings is 2. The Hall–Kier alpha value is -3.10. The van der Waals surface area contributed by atoms with Crippen molar-refractivity contribution in [2.24, 2.45) is 0 Å². The minimum Gasteiger partial charge on any atom is -0.488 e. The summed E-state index contributed by atoms with van der Waals surface area (Å²) in [5.74, 6) is -0.362. The minimum absolute atomic E-state index is 0.153. The highest BCUT2D eigenvalue weighted by Crippen LogP contribution is 2.23. The van der Waals surface area contributed by atoms with Crippen LogP contribution in [-0.4, -0.2) is 30.7 Å². The maximum Gasteiger partial charge on any atom is 0.257 e. The summed E-state index contributed by atoms with van der Waals surface area (Å²) in [4.78, 5) is 16.4. The van der Waals surface area contributed by atoms with Gasteiger partial charge in [-0.3, -0.25) is 10.1 Å². The van der Waals surface area contributed by atoms with Crippen molar-refractivity contribution in [3.63, 3.8) is 0 Å². The van der Waals surface area contributed by atoms with Crippen LogP contribution in [0.5, 0.6) is 5.75 Å². The Morgan fingerprint density at radius 2 is 2.03 bits per heavy atom. The van der Waals surface area contributed by atoms with Crippen LogP contribution in [0.15, 0.2) is 48.7 Å². The average molecular weight is 430 g/mol. The molecule has 0 saturated carbocycles. The van der Waals surface area contributed by atoms with Gasteiger partial charge < -0.3 is 9.47 Å². The molecular weight excluding hydrogens is 410 g/mol. The van der Waals surface area contributed by atoms with Crippen LogP contribution in [0.25, 0.3) is 12.2 Å². The predicted octanol–water partition coefficient (Wildman–Crippen LogP) is 5.26. The molecule has 0 radical (unpaired) electrons. The average Bonchev–Trinajstić information content (AvgIpc) is 3.12. The second-order valence-corrected chi connectivity index (χ2v) is 7.43. The molecule has 8 heteroatoms. The van der Waals surface area contributed by atoms with Gasteiger partial charge in [0.25, 0.3) is 5.91 Å². The molecule has 0 fully saturated rings. The molecule has 1 atom stereocenters. The number of carbonyl (C=O) groups is 1. The zero-order valence-electron chi connectivity index (χ0n) is 16.4. The van der Waals surface area contributed by atoms with Crippen molar-refractivity contribution < 1.29 is 23.0 Å². The number of methoxy groups -OCH3 is 1. The summed E-state index contributed by atoms with van der Waals surface area (Å²) in [5.41, 5.74) is 1.34. The van der Waals surface area contributed by atoms with Crippen molar-refractivity contribution in [1.29, 1.82) is 0 Å². The smallest absolute Gasteiger partial charge is 0.257 e. The Labute approximate surface area is 177 Å². The summed E-state index contributed by atoms with van der Waals surface area (Å²) < 4.78 is 38.0. The number of hydrogen-bond acceptors (Lipinski definition) is 5. The van der Waals surface area contributed by atoms with Crippen LogP contribution in [0, 0.1) is 10.9 Å². The predicted molar refractivity (Wildman–Crippen MR) is 114 cm³/mol. The van der Waals surface area contributed by atoms with E-state index in [9.17, 15) is 13.6 Å². The molecule has 0 aliphatic heterocycles. The van der Waals surface area contributed by atoms with Gasteiger partial charge in [0.15, 0.2) is 10.3 Å². The third-order valence-electron chi connectivity index (χ3n) is 3.99. The second-order valence-electron chi connectivity index (χ2n) is 6.45. The molecule has 0 spiro atoms. The summed E-state index contributed by atoms with van der Waals surface area (Å²) in [7, 11) is 1.57. The van der Waals surface area contributed by atoms with Gasteiger partial charge in [0.05, 0.1) is 12.8 Å². The summed E-state index contributed by atoms with van der Waals surface area (Å²) in [6, 6.07) is 11.3. The molecule has 30 heavy (non-hydrogen) atoms. The molecule has 1 N–H and O–H groups in total. The number of thiazole rings is 1. The molecule has 0 saturated heterocycles. The van der Waals surface area contributed by atoms with Gasteiger partial charge in [0, 0.05) is 18.2 Å². The van der Waals surface area contributed by atoms with E-state index >= 15 is 0 Å². The standard InChI is InChI=1S/C22H20F2N2O3S/c1-14(13-28-2)29-18-10-15(7-8-16-5-3-4-6-19(16)23)9-17(11-18)21(27)26-22-25-12-20(24)30-22/h3-12,14H,13H2,1-2H3,(H,25,26,27)/b8-7+/t14-/m0/s1. The molecular formula is C22H20F2N2O3S. The largest absolute Gasteiger partial charge is 0.488 e. The molecule has 3 rings (SSSR count). The van der Waals surface area contributed by atoms with Crippen molar-refractivity contribution in [3.05, 3.63) is 76.3 Å². The lowest BCUT2D eigenvalue weighted by Gasteiger charge is -2.15. The first-order valence-electron chi connectivity index (χ1n) is 9.10. The van der Waals surface area contributed by atoms with E-state index in [2.05, 4.69) is 10.3 Å². The lowest BCUT2D eigenvalue weighted by molar-refractivity contribution is 0.0917. The first kappa shape index (κ1) is 21.6. The van der Waals surface area contributed by atoms with Crippen LogP contribution in [0.3, 0.4) is 0 Å². The fraction of sp³-hybridized carbons (Fsp3) is 0.182. The first-order valence-corrected chi connectivity index (χ1v) is 9.92. The summed E-state index contributed by atoms with van der Waals surface area (Å²) in [6.45, 7) is 2.21. The van der Waals surface area contributed by atoms with Gasteiger partial charge in [-0.15, -0.1) is 0 Å². The lowest BCUT2D eigenvalue weighted by atomic mass is 10.1. The Kier molecular flexibility index (Phi) is 7.26. The monoisotopic (exact) mass is 430 g/mol. The van der Waals surface area contributed by atoms with Gasteiger partial charge in [-0.2, -0.15) is 4.39 Å². The van der Waals surface area contributed by atoms with E-state index in [1.165, 1.54) is 6.07 Å². The molecule has 2 aromatic carbocycles. The molecule has 3 aromatic rings. The number of nitrogens with one attached hydrogen (secondary N) is 1. The van der Waals surface area contributed by atoms with E-state index < -0.39 is 11.0 Å². The topological polar surface area (TPSA) is 60.5 Å². The van der Waals surface area contributed by atoms with E-state index in [1.807, 2.05) is 6.92 Å². The number of ether oxygens (including phenoxy) is 2.